The minimum absolute atomic E-state index is 0.147. The van der Waals surface area contributed by atoms with Crippen molar-refractivity contribution in [1.82, 2.24) is 10.6 Å². The fourth-order valence-corrected chi connectivity index (χ4v) is 3.75. The van der Waals surface area contributed by atoms with E-state index in [1.807, 2.05) is 19.1 Å². The standard InChI is InChI=1S/C13H14Br2Cl3N3O2S/c1-3-23-12(22)21-10(13(16,17)18)20-11(24)19-9-7(14)4-6(2)5-8(9)15/h4-5,10H,3H2,1-2H3,(H,21,22)(H2,19,20,24)/t10-/m0/s1. The summed E-state index contributed by atoms with van der Waals surface area (Å²) >= 11 is 29.7. The highest BCUT2D eigenvalue weighted by atomic mass is 79.9. The van der Waals surface area contributed by atoms with E-state index in [0.717, 1.165) is 14.5 Å². The molecular weight excluding hydrogens is 528 g/mol. The van der Waals surface area contributed by atoms with E-state index >= 15 is 0 Å². The topological polar surface area (TPSA) is 62.4 Å². The Morgan fingerprint density at radius 2 is 1.83 bits per heavy atom. The highest BCUT2D eigenvalue weighted by Gasteiger charge is 2.35. The molecule has 1 rings (SSSR count). The predicted molar refractivity (Wildman–Crippen MR) is 110 cm³/mol. The Kier molecular flexibility index (Phi) is 8.85. The van der Waals surface area contributed by atoms with E-state index in [1.165, 1.54) is 0 Å². The molecule has 0 spiro atoms. The zero-order chi connectivity index (χ0) is 18.5. The number of carbonyl (C=O) groups excluding carboxylic acids is 1. The maximum absolute atomic E-state index is 11.6. The van der Waals surface area contributed by atoms with Crippen molar-refractivity contribution in [3.63, 3.8) is 0 Å². The number of anilines is 1. The quantitative estimate of drug-likeness (QED) is 0.276. The van der Waals surface area contributed by atoms with Gasteiger partial charge < -0.3 is 15.4 Å². The number of hydrogen-bond acceptors (Lipinski definition) is 3. The second kappa shape index (κ2) is 9.64. The molecule has 24 heavy (non-hydrogen) atoms. The number of amides is 1. The lowest BCUT2D eigenvalue weighted by atomic mass is 10.2. The number of rotatable bonds is 4. The Morgan fingerprint density at radius 1 is 1.29 bits per heavy atom. The number of alkyl halides is 3. The van der Waals surface area contributed by atoms with Gasteiger partial charge in [-0.2, -0.15) is 0 Å². The second-order valence-electron chi connectivity index (χ2n) is 4.54. The van der Waals surface area contributed by atoms with Crippen molar-refractivity contribution in [2.24, 2.45) is 0 Å². The summed E-state index contributed by atoms with van der Waals surface area (Å²) in [5, 5.41) is 8.25. The molecule has 11 heteroatoms. The normalized spacial score (nSPS) is 12.3. The van der Waals surface area contributed by atoms with Crippen LogP contribution in [0.4, 0.5) is 10.5 Å². The van der Waals surface area contributed by atoms with Gasteiger partial charge in [0.25, 0.3) is 0 Å². The lowest BCUT2D eigenvalue weighted by molar-refractivity contribution is 0.147. The number of halogens is 5. The molecule has 0 aliphatic heterocycles. The minimum Gasteiger partial charge on any atom is -0.450 e. The summed E-state index contributed by atoms with van der Waals surface area (Å²) in [6.07, 6.45) is -1.83. The van der Waals surface area contributed by atoms with Gasteiger partial charge in [0.15, 0.2) is 11.3 Å². The summed E-state index contributed by atoms with van der Waals surface area (Å²) in [7, 11) is 0. The number of benzene rings is 1. The lowest BCUT2D eigenvalue weighted by Crippen LogP contribution is -2.56. The maximum atomic E-state index is 11.6. The van der Waals surface area contributed by atoms with Gasteiger partial charge in [0.1, 0.15) is 0 Å². The molecule has 0 aliphatic carbocycles. The molecule has 1 aromatic rings. The lowest BCUT2D eigenvalue weighted by Gasteiger charge is -2.27. The first-order valence-corrected chi connectivity index (χ1v) is 9.70. The fourth-order valence-electron chi connectivity index (χ4n) is 1.59. The molecule has 0 saturated carbocycles. The molecule has 134 valence electrons. The van der Waals surface area contributed by atoms with E-state index in [-0.39, 0.29) is 11.7 Å². The average Bonchev–Trinajstić information content (AvgIpc) is 2.41. The molecular formula is C13H14Br2Cl3N3O2S. The highest BCUT2D eigenvalue weighted by molar-refractivity contribution is 9.11. The van der Waals surface area contributed by atoms with Gasteiger partial charge in [-0.25, -0.2) is 4.79 Å². The van der Waals surface area contributed by atoms with Crippen LogP contribution in [0.5, 0.6) is 0 Å². The van der Waals surface area contributed by atoms with Crippen LogP contribution in [0.2, 0.25) is 0 Å². The zero-order valence-corrected chi connectivity index (χ0v) is 18.8. The summed E-state index contributed by atoms with van der Waals surface area (Å²) in [5.41, 5.74) is 1.75. The van der Waals surface area contributed by atoms with E-state index in [4.69, 9.17) is 51.8 Å². The summed E-state index contributed by atoms with van der Waals surface area (Å²) in [6, 6.07) is 3.83. The zero-order valence-electron chi connectivity index (χ0n) is 12.6. The van der Waals surface area contributed by atoms with Crippen LogP contribution in [0.25, 0.3) is 0 Å². The molecule has 3 N–H and O–H groups in total. The van der Waals surface area contributed by atoms with E-state index in [9.17, 15) is 4.79 Å². The Bertz CT molecular complexity index is 606. The molecule has 0 radical (unpaired) electrons. The number of hydrogen-bond donors (Lipinski definition) is 3. The van der Waals surface area contributed by atoms with Gasteiger partial charge in [0.2, 0.25) is 3.79 Å². The molecule has 1 aromatic carbocycles. The Labute approximate surface area is 177 Å². The van der Waals surface area contributed by atoms with Crippen LogP contribution in [0.1, 0.15) is 12.5 Å². The second-order valence-corrected chi connectivity index (χ2v) is 9.03. The van der Waals surface area contributed by atoms with Crippen molar-refractivity contribution in [2.75, 3.05) is 11.9 Å². The van der Waals surface area contributed by atoms with Gasteiger partial charge in [0.05, 0.1) is 12.3 Å². The van der Waals surface area contributed by atoms with E-state index in [1.54, 1.807) is 6.92 Å². The Hall–Kier alpha value is 0.0100. The number of aryl methyl sites for hydroxylation is 1. The van der Waals surface area contributed by atoms with Crippen LogP contribution >= 0.6 is 78.9 Å². The maximum Gasteiger partial charge on any atom is 0.408 e. The largest absolute Gasteiger partial charge is 0.450 e. The first kappa shape index (κ1) is 22.1. The van der Waals surface area contributed by atoms with Gasteiger partial charge in [-0.3, -0.25) is 5.32 Å². The smallest absolute Gasteiger partial charge is 0.408 e. The molecule has 0 fully saturated rings. The first-order chi connectivity index (χ1) is 11.0. The van der Waals surface area contributed by atoms with Crippen molar-refractivity contribution in [3.05, 3.63) is 26.6 Å². The SMILES string of the molecule is CCOC(=O)N[C@H](NC(=S)Nc1c(Br)cc(C)cc1Br)C(Cl)(Cl)Cl. The molecule has 0 saturated heterocycles. The van der Waals surface area contributed by atoms with Crippen LogP contribution in [-0.4, -0.2) is 27.8 Å². The number of nitrogens with one attached hydrogen (secondary N) is 3. The molecule has 0 unspecified atom stereocenters. The number of alkyl carbamates (subject to hydrolysis) is 1. The van der Waals surface area contributed by atoms with Crippen molar-refractivity contribution >= 4 is 95.8 Å². The third-order valence-electron chi connectivity index (χ3n) is 2.57. The van der Waals surface area contributed by atoms with E-state index in [2.05, 4.69) is 47.8 Å². The van der Waals surface area contributed by atoms with Crippen molar-refractivity contribution in [1.29, 1.82) is 0 Å². The molecule has 0 heterocycles. The molecule has 0 aliphatic rings. The number of carbonyl (C=O) groups is 1. The van der Waals surface area contributed by atoms with E-state index < -0.39 is 16.1 Å². The molecule has 0 bridgehead atoms. The average molecular weight is 543 g/mol. The Balaban J connectivity index is 2.84. The summed E-state index contributed by atoms with van der Waals surface area (Å²) < 4.78 is 4.51. The van der Waals surface area contributed by atoms with E-state index in [0.29, 0.717) is 5.69 Å². The monoisotopic (exact) mass is 539 g/mol. The van der Waals surface area contributed by atoms with Gasteiger partial charge >= 0.3 is 6.09 Å². The molecule has 1 amide bonds. The Morgan fingerprint density at radius 3 is 2.29 bits per heavy atom. The molecule has 0 aromatic heterocycles. The van der Waals surface area contributed by atoms with Crippen LogP contribution in [0, 0.1) is 6.92 Å². The summed E-state index contributed by atoms with van der Waals surface area (Å²) in [4.78, 5) is 11.6. The van der Waals surface area contributed by atoms with Gasteiger partial charge in [-0.1, -0.05) is 34.8 Å². The van der Waals surface area contributed by atoms with Crippen molar-refractivity contribution < 1.29 is 9.53 Å². The fraction of sp³-hybridized carbons (Fsp3) is 0.385. The van der Waals surface area contributed by atoms with Crippen LogP contribution in [0.3, 0.4) is 0 Å². The van der Waals surface area contributed by atoms with Crippen molar-refractivity contribution in [3.8, 4) is 0 Å². The van der Waals surface area contributed by atoms with Crippen LogP contribution < -0.4 is 16.0 Å². The van der Waals surface area contributed by atoms with Gasteiger partial charge in [-0.05, 0) is 75.6 Å². The third-order valence-corrected chi connectivity index (χ3v) is 4.69. The minimum atomic E-state index is -1.85. The molecule has 1 atom stereocenters. The van der Waals surface area contributed by atoms with Crippen LogP contribution in [-0.2, 0) is 4.74 Å². The predicted octanol–water partition coefficient (Wildman–Crippen LogP) is 5.25. The number of ether oxygens (including phenoxy) is 1. The van der Waals surface area contributed by atoms with Gasteiger partial charge in [0, 0.05) is 8.95 Å². The molecule has 5 nitrogen and oxygen atoms in total. The first-order valence-electron chi connectivity index (χ1n) is 6.57. The van der Waals surface area contributed by atoms with Gasteiger partial charge in [-0.15, -0.1) is 0 Å². The van der Waals surface area contributed by atoms with Crippen molar-refractivity contribution in [2.45, 2.75) is 23.8 Å². The van der Waals surface area contributed by atoms with Crippen LogP contribution in [0.15, 0.2) is 21.1 Å². The number of thiocarbonyl (C=S) groups is 1. The highest BCUT2D eigenvalue weighted by Crippen LogP contribution is 2.33. The third kappa shape index (κ3) is 7.09. The summed E-state index contributed by atoms with van der Waals surface area (Å²) in [6.45, 7) is 3.80. The summed E-state index contributed by atoms with van der Waals surface area (Å²) in [5.74, 6) is 0.